The van der Waals surface area contributed by atoms with Crippen molar-refractivity contribution >= 4 is 29.3 Å². The van der Waals surface area contributed by atoms with Gasteiger partial charge in [0.1, 0.15) is 17.9 Å². The minimum Gasteiger partial charge on any atom is -0.489 e. The van der Waals surface area contributed by atoms with Gasteiger partial charge in [0.15, 0.2) is 0 Å². The number of hydrogen-bond donors (Lipinski definition) is 1. The van der Waals surface area contributed by atoms with Gasteiger partial charge in [0.25, 0.3) is 5.91 Å². The molecule has 3 heterocycles. The molecular weight excluding hydrogens is 504 g/mol. The van der Waals surface area contributed by atoms with Crippen molar-refractivity contribution in [3.05, 3.63) is 63.7 Å². The number of nitriles is 1. The Labute approximate surface area is 226 Å². The molecule has 38 heavy (non-hydrogen) atoms. The van der Waals surface area contributed by atoms with Gasteiger partial charge in [-0.2, -0.15) is 5.26 Å². The Morgan fingerprint density at radius 1 is 1.03 bits per heavy atom. The molecule has 0 aromatic heterocycles. The molecule has 2 saturated heterocycles. The van der Waals surface area contributed by atoms with E-state index >= 15 is 0 Å². The quantitative estimate of drug-likeness (QED) is 0.588. The number of rotatable bonds is 5. The second-order valence-electron chi connectivity index (χ2n) is 10.7. The third-order valence-electron chi connectivity index (χ3n) is 8.40. The zero-order valence-electron chi connectivity index (χ0n) is 21.0. The normalized spacial score (nSPS) is 25.9. The highest BCUT2D eigenvalue weighted by atomic mass is 35.5. The number of amides is 3. The summed E-state index contributed by atoms with van der Waals surface area (Å²) >= 11 is 6.46. The Balaban J connectivity index is 1.11. The fourth-order valence-corrected chi connectivity index (χ4v) is 6.67. The maximum atomic E-state index is 13.0. The van der Waals surface area contributed by atoms with Crippen LogP contribution < -0.4 is 10.1 Å². The summed E-state index contributed by atoms with van der Waals surface area (Å²) in [5.74, 6) is 0.221. The first kappa shape index (κ1) is 24.9. The number of benzene rings is 2. The van der Waals surface area contributed by atoms with E-state index in [0.29, 0.717) is 41.1 Å². The summed E-state index contributed by atoms with van der Waals surface area (Å²) in [6.45, 7) is 2.16. The van der Waals surface area contributed by atoms with Crippen molar-refractivity contribution in [2.45, 2.75) is 69.2 Å². The van der Waals surface area contributed by atoms with Crippen molar-refractivity contribution in [3.8, 4) is 11.8 Å². The molecule has 196 valence electrons. The van der Waals surface area contributed by atoms with Gasteiger partial charge in [-0.3, -0.25) is 24.6 Å². The standard InChI is InChI=1S/C29H29ClN4O4/c30-23-11-17(13-31)5-7-21(23)19-14-33(15-19)24-3-1-2-4-26(24)38-20-6-8-22-18(12-20)16-34(29(22)37)25-9-10-27(35)32-28(25)36/h5-8,11-12,19,24-26H,1-4,9-10,14-16H2,(H,32,35,36)/t24-,25?,26+/m0/s1. The van der Waals surface area contributed by atoms with Crippen LogP contribution in [-0.4, -0.2) is 58.8 Å². The molecule has 9 heteroatoms. The maximum absolute atomic E-state index is 13.0. The lowest BCUT2D eigenvalue weighted by molar-refractivity contribution is -0.136. The number of piperidine rings is 1. The second kappa shape index (κ2) is 10.0. The zero-order chi connectivity index (χ0) is 26.4. The van der Waals surface area contributed by atoms with Gasteiger partial charge < -0.3 is 9.64 Å². The summed E-state index contributed by atoms with van der Waals surface area (Å²) in [5, 5.41) is 12.1. The number of likely N-dealkylation sites (tertiary alicyclic amines) is 1. The summed E-state index contributed by atoms with van der Waals surface area (Å²) in [4.78, 5) is 40.9. The van der Waals surface area contributed by atoms with E-state index < -0.39 is 11.9 Å². The third kappa shape index (κ3) is 4.55. The highest BCUT2D eigenvalue weighted by molar-refractivity contribution is 6.31. The van der Waals surface area contributed by atoms with Crippen molar-refractivity contribution in [1.82, 2.24) is 15.1 Å². The van der Waals surface area contributed by atoms with Crippen LogP contribution in [-0.2, 0) is 16.1 Å². The molecule has 0 radical (unpaired) electrons. The molecule has 0 spiro atoms. The number of fused-ring (bicyclic) bond motifs is 1. The first-order valence-electron chi connectivity index (χ1n) is 13.3. The van der Waals surface area contributed by atoms with E-state index in [-0.39, 0.29) is 24.3 Å². The van der Waals surface area contributed by atoms with Gasteiger partial charge in [-0.1, -0.05) is 24.1 Å². The van der Waals surface area contributed by atoms with Gasteiger partial charge in [0, 0.05) is 48.6 Å². The summed E-state index contributed by atoms with van der Waals surface area (Å²) in [6.07, 6.45) is 4.98. The topological polar surface area (TPSA) is 103 Å². The van der Waals surface area contributed by atoms with Gasteiger partial charge in [-0.25, -0.2) is 0 Å². The van der Waals surface area contributed by atoms with Crippen molar-refractivity contribution in [2.24, 2.45) is 0 Å². The molecule has 2 aromatic carbocycles. The molecule has 3 amide bonds. The van der Waals surface area contributed by atoms with Gasteiger partial charge in [-0.15, -0.1) is 0 Å². The molecule has 6 rings (SSSR count). The van der Waals surface area contributed by atoms with Crippen LogP contribution >= 0.6 is 11.6 Å². The van der Waals surface area contributed by atoms with Crippen LogP contribution in [0.2, 0.25) is 5.02 Å². The fraction of sp³-hybridized carbons (Fsp3) is 0.448. The first-order valence-corrected chi connectivity index (χ1v) is 13.7. The number of nitrogens with zero attached hydrogens (tertiary/aromatic N) is 3. The number of ether oxygens (including phenoxy) is 1. The number of nitrogens with one attached hydrogen (secondary N) is 1. The van der Waals surface area contributed by atoms with E-state index in [1.165, 1.54) is 6.42 Å². The monoisotopic (exact) mass is 532 g/mol. The van der Waals surface area contributed by atoms with E-state index in [2.05, 4.69) is 16.3 Å². The summed E-state index contributed by atoms with van der Waals surface area (Å²) in [7, 11) is 0. The van der Waals surface area contributed by atoms with Crippen LogP contribution in [0.15, 0.2) is 36.4 Å². The minimum atomic E-state index is -0.622. The van der Waals surface area contributed by atoms with E-state index in [4.69, 9.17) is 21.6 Å². The summed E-state index contributed by atoms with van der Waals surface area (Å²) in [6, 6.07) is 13.0. The Morgan fingerprint density at radius 2 is 1.84 bits per heavy atom. The average Bonchev–Trinajstić information content (AvgIpc) is 3.20. The Bertz CT molecular complexity index is 1350. The second-order valence-corrected chi connectivity index (χ2v) is 11.1. The molecule has 4 aliphatic rings. The number of carbonyl (C=O) groups excluding carboxylic acids is 3. The molecule has 2 aromatic rings. The van der Waals surface area contributed by atoms with E-state index in [1.54, 1.807) is 17.0 Å². The van der Waals surface area contributed by atoms with Gasteiger partial charge in [0.05, 0.1) is 11.6 Å². The smallest absolute Gasteiger partial charge is 0.255 e. The minimum absolute atomic E-state index is 0.0579. The lowest BCUT2D eigenvalue weighted by Crippen LogP contribution is -2.57. The zero-order valence-corrected chi connectivity index (χ0v) is 21.7. The van der Waals surface area contributed by atoms with Crippen molar-refractivity contribution < 1.29 is 19.1 Å². The van der Waals surface area contributed by atoms with Crippen LogP contribution in [0.5, 0.6) is 5.75 Å². The van der Waals surface area contributed by atoms with Crippen LogP contribution in [0.1, 0.15) is 71.5 Å². The van der Waals surface area contributed by atoms with Crippen molar-refractivity contribution in [3.63, 3.8) is 0 Å². The third-order valence-corrected chi connectivity index (χ3v) is 8.73. The number of hydrogen-bond acceptors (Lipinski definition) is 6. The molecule has 3 fully saturated rings. The molecule has 3 aliphatic heterocycles. The van der Waals surface area contributed by atoms with Crippen molar-refractivity contribution in [1.29, 1.82) is 5.26 Å². The van der Waals surface area contributed by atoms with Crippen LogP contribution in [0, 0.1) is 11.3 Å². The molecule has 8 nitrogen and oxygen atoms in total. The number of carbonyl (C=O) groups is 3. The SMILES string of the molecule is N#Cc1ccc(C2CN([C@H]3CCCC[C@H]3Oc3ccc4c(c3)CN(C3CCC(=O)NC3=O)C4=O)C2)c(Cl)c1. The summed E-state index contributed by atoms with van der Waals surface area (Å²) < 4.78 is 6.54. The molecule has 0 bridgehead atoms. The fourth-order valence-electron chi connectivity index (χ4n) is 6.34. The number of halogens is 1. The lowest BCUT2D eigenvalue weighted by atomic mass is 9.84. The molecule has 1 saturated carbocycles. The molecule has 3 atom stereocenters. The molecule has 1 N–H and O–H groups in total. The Kier molecular flexibility index (Phi) is 6.58. The predicted molar refractivity (Wildman–Crippen MR) is 140 cm³/mol. The largest absolute Gasteiger partial charge is 0.489 e. The van der Waals surface area contributed by atoms with Gasteiger partial charge in [-0.05, 0) is 67.1 Å². The first-order chi connectivity index (χ1) is 18.4. The van der Waals surface area contributed by atoms with E-state index in [0.717, 1.165) is 49.2 Å². The average molecular weight is 533 g/mol. The van der Waals surface area contributed by atoms with E-state index in [9.17, 15) is 14.4 Å². The van der Waals surface area contributed by atoms with Gasteiger partial charge in [0.2, 0.25) is 11.8 Å². The maximum Gasteiger partial charge on any atom is 0.255 e. The van der Waals surface area contributed by atoms with Gasteiger partial charge >= 0.3 is 0 Å². The van der Waals surface area contributed by atoms with Crippen LogP contribution in [0.25, 0.3) is 0 Å². The highest BCUT2D eigenvalue weighted by Gasteiger charge is 2.41. The van der Waals surface area contributed by atoms with Crippen molar-refractivity contribution in [2.75, 3.05) is 13.1 Å². The molecular formula is C29H29ClN4O4. The van der Waals surface area contributed by atoms with Crippen LogP contribution in [0.4, 0.5) is 0 Å². The Hall–Kier alpha value is -3.41. The Morgan fingerprint density at radius 3 is 2.61 bits per heavy atom. The van der Waals surface area contributed by atoms with Crippen LogP contribution in [0.3, 0.4) is 0 Å². The lowest BCUT2D eigenvalue weighted by Gasteiger charge is -2.48. The molecule has 1 unspecified atom stereocenters. The summed E-state index contributed by atoms with van der Waals surface area (Å²) in [5.41, 5.74) is 3.11. The van der Waals surface area contributed by atoms with E-state index in [1.807, 2.05) is 24.3 Å². The highest BCUT2D eigenvalue weighted by Crippen LogP contribution is 2.38. The number of imide groups is 1. The molecule has 1 aliphatic carbocycles. The predicted octanol–water partition coefficient (Wildman–Crippen LogP) is 3.76.